The molecule has 2 aromatic rings. The fraction of sp³-hybridized carbons (Fsp3) is 0.286. The molecule has 0 bridgehead atoms. The smallest absolute Gasteiger partial charge is 0.193 e. The molecule has 2 aromatic carbocycles. The van der Waals surface area contributed by atoms with Crippen molar-refractivity contribution in [2.45, 2.75) is 32.0 Å². The highest BCUT2D eigenvalue weighted by Crippen LogP contribution is 2.44. The molecule has 3 N–H and O–H groups in total. The Labute approximate surface area is 157 Å². The standard InChI is InChI=1S/C21H22O6/c1-21(2)18(24)10-14-17(27-21)11-16(23)19(20(14)25)15(22)9-6-12-4-7-13(26-3)8-5-12/h4-9,11,18,23-25H,10H2,1-3H3/b9-6+/t18-/m0/s1. The van der Waals surface area contributed by atoms with E-state index in [2.05, 4.69) is 0 Å². The lowest BCUT2D eigenvalue weighted by atomic mass is 9.89. The number of aliphatic hydroxyl groups excluding tert-OH is 1. The van der Waals surface area contributed by atoms with E-state index in [1.807, 2.05) is 0 Å². The number of hydrogen-bond donors (Lipinski definition) is 3. The van der Waals surface area contributed by atoms with Crippen LogP contribution in [0.2, 0.25) is 0 Å². The van der Waals surface area contributed by atoms with Crippen LogP contribution in [0.1, 0.15) is 35.3 Å². The normalized spacial score (nSPS) is 18.0. The van der Waals surface area contributed by atoms with E-state index in [1.54, 1.807) is 51.3 Å². The molecule has 0 aliphatic carbocycles. The maximum Gasteiger partial charge on any atom is 0.193 e. The van der Waals surface area contributed by atoms with Gasteiger partial charge in [-0.25, -0.2) is 0 Å². The van der Waals surface area contributed by atoms with Gasteiger partial charge in [-0.2, -0.15) is 0 Å². The molecule has 3 rings (SSSR count). The first kappa shape index (κ1) is 18.8. The van der Waals surface area contributed by atoms with Crippen molar-refractivity contribution in [1.29, 1.82) is 0 Å². The Hall–Kier alpha value is -2.99. The number of benzene rings is 2. The van der Waals surface area contributed by atoms with Crippen LogP contribution in [-0.2, 0) is 6.42 Å². The van der Waals surface area contributed by atoms with Crippen molar-refractivity contribution in [3.8, 4) is 23.0 Å². The molecule has 27 heavy (non-hydrogen) atoms. The van der Waals surface area contributed by atoms with Gasteiger partial charge in [-0.3, -0.25) is 4.79 Å². The number of allylic oxidation sites excluding steroid dienone is 1. The lowest BCUT2D eigenvalue weighted by Gasteiger charge is -2.37. The van der Waals surface area contributed by atoms with E-state index in [0.29, 0.717) is 11.3 Å². The maximum absolute atomic E-state index is 12.5. The highest BCUT2D eigenvalue weighted by atomic mass is 16.5. The molecule has 1 heterocycles. The fourth-order valence-electron chi connectivity index (χ4n) is 2.96. The first-order chi connectivity index (χ1) is 12.7. The molecule has 142 valence electrons. The number of phenols is 2. The molecular weight excluding hydrogens is 348 g/mol. The lowest BCUT2D eigenvalue weighted by Crippen LogP contribution is -2.46. The van der Waals surface area contributed by atoms with E-state index in [1.165, 1.54) is 12.1 Å². The summed E-state index contributed by atoms with van der Waals surface area (Å²) < 4.78 is 10.8. The van der Waals surface area contributed by atoms with Gasteiger partial charge in [0.25, 0.3) is 0 Å². The molecule has 0 amide bonds. The Morgan fingerprint density at radius 1 is 1.26 bits per heavy atom. The summed E-state index contributed by atoms with van der Waals surface area (Å²) in [4.78, 5) is 12.5. The number of ether oxygens (including phenoxy) is 2. The summed E-state index contributed by atoms with van der Waals surface area (Å²) in [7, 11) is 1.57. The van der Waals surface area contributed by atoms with E-state index in [0.717, 1.165) is 5.56 Å². The average Bonchev–Trinajstić information content (AvgIpc) is 2.62. The number of rotatable bonds is 4. The maximum atomic E-state index is 12.5. The van der Waals surface area contributed by atoms with Crippen LogP contribution in [0.3, 0.4) is 0 Å². The fourth-order valence-corrected chi connectivity index (χ4v) is 2.96. The minimum atomic E-state index is -0.855. The Bertz CT molecular complexity index is 896. The van der Waals surface area contributed by atoms with Crippen molar-refractivity contribution < 1.29 is 29.6 Å². The molecule has 1 aliphatic rings. The van der Waals surface area contributed by atoms with Gasteiger partial charge in [0.1, 0.15) is 34.2 Å². The van der Waals surface area contributed by atoms with Crippen LogP contribution in [0.4, 0.5) is 0 Å². The van der Waals surface area contributed by atoms with Crippen molar-refractivity contribution in [3.05, 3.63) is 53.1 Å². The quantitative estimate of drug-likeness (QED) is 0.565. The summed E-state index contributed by atoms with van der Waals surface area (Å²) in [6.07, 6.45) is 2.12. The molecule has 6 heteroatoms. The van der Waals surface area contributed by atoms with Gasteiger partial charge in [-0.1, -0.05) is 18.2 Å². The largest absolute Gasteiger partial charge is 0.507 e. The third-order valence-electron chi connectivity index (χ3n) is 4.71. The molecule has 0 saturated heterocycles. The van der Waals surface area contributed by atoms with Gasteiger partial charge in [0, 0.05) is 18.1 Å². The molecule has 1 atom stereocenters. The van der Waals surface area contributed by atoms with E-state index < -0.39 is 17.5 Å². The zero-order valence-electron chi connectivity index (χ0n) is 15.4. The zero-order valence-corrected chi connectivity index (χ0v) is 15.4. The second-order valence-electron chi connectivity index (χ2n) is 6.99. The number of aromatic hydroxyl groups is 2. The van der Waals surface area contributed by atoms with Gasteiger partial charge in [-0.05, 0) is 37.6 Å². The molecular formula is C21H22O6. The van der Waals surface area contributed by atoms with Crippen molar-refractivity contribution in [1.82, 2.24) is 0 Å². The number of fused-ring (bicyclic) bond motifs is 1. The highest BCUT2D eigenvalue weighted by molar-refractivity contribution is 6.11. The molecule has 1 aliphatic heterocycles. The minimum Gasteiger partial charge on any atom is -0.507 e. The van der Waals surface area contributed by atoms with Crippen LogP contribution < -0.4 is 9.47 Å². The minimum absolute atomic E-state index is 0.122. The van der Waals surface area contributed by atoms with Crippen molar-refractivity contribution >= 4 is 11.9 Å². The van der Waals surface area contributed by atoms with E-state index >= 15 is 0 Å². The topological polar surface area (TPSA) is 96.2 Å². The van der Waals surface area contributed by atoms with Crippen molar-refractivity contribution in [2.24, 2.45) is 0 Å². The lowest BCUT2D eigenvalue weighted by molar-refractivity contribution is -0.0418. The number of methoxy groups -OCH3 is 1. The van der Waals surface area contributed by atoms with Crippen molar-refractivity contribution in [2.75, 3.05) is 7.11 Å². The molecule has 0 aromatic heterocycles. The van der Waals surface area contributed by atoms with Gasteiger partial charge >= 0.3 is 0 Å². The number of phenolic OH excluding ortho intramolecular Hbond substituents is 2. The first-order valence-corrected chi connectivity index (χ1v) is 8.54. The molecule has 0 unspecified atom stereocenters. The molecule has 0 radical (unpaired) electrons. The van der Waals surface area contributed by atoms with Gasteiger partial charge in [0.15, 0.2) is 5.78 Å². The van der Waals surface area contributed by atoms with E-state index in [-0.39, 0.29) is 29.2 Å². The van der Waals surface area contributed by atoms with Crippen LogP contribution in [-0.4, -0.2) is 39.9 Å². The molecule has 0 spiro atoms. The summed E-state index contributed by atoms with van der Waals surface area (Å²) in [5, 5.41) is 31.0. The van der Waals surface area contributed by atoms with Crippen LogP contribution in [0.25, 0.3) is 6.08 Å². The Kier molecular flexibility index (Phi) is 4.85. The molecule has 0 saturated carbocycles. The van der Waals surface area contributed by atoms with Crippen LogP contribution in [0, 0.1) is 0 Å². The zero-order chi connectivity index (χ0) is 19.8. The number of ketones is 1. The first-order valence-electron chi connectivity index (χ1n) is 8.54. The predicted octanol–water partition coefficient (Wildman–Crippen LogP) is 3.08. The Morgan fingerprint density at radius 3 is 2.56 bits per heavy atom. The van der Waals surface area contributed by atoms with Crippen molar-refractivity contribution in [3.63, 3.8) is 0 Å². The highest BCUT2D eigenvalue weighted by Gasteiger charge is 2.38. The van der Waals surface area contributed by atoms with Crippen LogP contribution in [0.5, 0.6) is 23.0 Å². The number of carbonyl (C=O) groups excluding carboxylic acids is 1. The monoisotopic (exact) mass is 370 g/mol. The summed E-state index contributed by atoms with van der Waals surface area (Å²) >= 11 is 0. The third-order valence-corrected chi connectivity index (χ3v) is 4.71. The SMILES string of the molecule is COc1ccc(/C=C/C(=O)c2c(O)cc3c(c2O)C[C@H](O)C(C)(C)O3)cc1. The Balaban J connectivity index is 1.91. The molecule has 0 fully saturated rings. The predicted molar refractivity (Wildman–Crippen MR) is 101 cm³/mol. The summed E-state index contributed by atoms with van der Waals surface area (Å²) in [6.45, 7) is 3.43. The number of hydrogen-bond acceptors (Lipinski definition) is 6. The molecule has 6 nitrogen and oxygen atoms in total. The second kappa shape index (κ2) is 6.96. The summed E-state index contributed by atoms with van der Waals surface area (Å²) in [5.41, 5.74) is 0.00233. The van der Waals surface area contributed by atoms with E-state index in [4.69, 9.17) is 9.47 Å². The Morgan fingerprint density at radius 2 is 1.93 bits per heavy atom. The number of aliphatic hydroxyl groups is 1. The van der Waals surface area contributed by atoms with Crippen LogP contribution >= 0.6 is 0 Å². The third kappa shape index (κ3) is 3.61. The second-order valence-corrected chi connectivity index (χ2v) is 6.99. The van der Waals surface area contributed by atoms with Crippen LogP contribution in [0.15, 0.2) is 36.4 Å². The van der Waals surface area contributed by atoms with Gasteiger partial charge in [-0.15, -0.1) is 0 Å². The van der Waals surface area contributed by atoms with Gasteiger partial charge < -0.3 is 24.8 Å². The van der Waals surface area contributed by atoms with Gasteiger partial charge in [0.05, 0.1) is 13.2 Å². The summed E-state index contributed by atoms with van der Waals surface area (Å²) in [6, 6.07) is 8.39. The van der Waals surface area contributed by atoms with Gasteiger partial charge in [0.2, 0.25) is 0 Å². The van der Waals surface area contributed by atoms with E-state index in [9.17, 15) is 20.1 Å². The summed E-state index contributed by atoms with van der Waals surface area (Å²) in [5.74, 6) is -0.337. The number of carbonyl (C=O) groups is 1. The average molecular weight is 370 g/mol.